The fourth-order valence-corrected chi connectivity index (χ4v) is 3.04. The number of thioether (sulfide) groups is 1. The van der Waals surface area contributed by atoms with Gasteiger partial charge in [0.15, 0.2) is 0 Å². The molecule has 5 nitrogen and oxygen atoms in total. The molecular formula is C12H22N4OS. The van der Waals surface area contributed by atoms with Crippen LogP contribution in [0.2, 0.25) is 0 Å². The van der Waals surface area contributed by atoms with Gasteiger partial charge in [-0.3, -0.25) is 15.5 Å². The molecule has 1 aliphatic heterocycles. The summed E-state index contributed by atoms with van der Waals surface area (Å²) in [6, 6.07) is 0.446. The summed E-state index contributed by atoms with van der Waals surface area (Å²) in [4.78, 5) is 11.7. The van der Waals surface area contributed by atoms with Gasteiger partial charge in [-0.15, -0.1) is 0 Å². The SMILES string of the molecule is CS[C@@]1(NC2CCCCCC2)NN=C(C)C(=O)N1. The van der Waals surface area contributed by atoms with Gasteiger partial charge in [0.05, 0.1) is 0 Å². The van der Waals surface area contributed by atoms with Crippen molar-refractivity contribution in [1.82, 2.24) is 16.1 Å². The number of rotatable bonds is 3. The average molecular weight is 270 g/mol. The molecule has 1 saturated carbocycles. The minimum Gasteiger partial charge on any atom is -0.306 e. The molecule has 102 valence electrons. The molecule has 6 heteroatoms. The van der Waals surface area contributed by atoms with E-state index in [1.807, 2.05) is 6.26 Å². The molecule has 1 heterocycles. The van der Waals surface area contributed by atoms with Gasteiger partial charge in [-0.25, -0.2) is 0 Å². The van der Waals surface area contributed by atoms with Gasteiger partial charge in [0.1, 0.15) is 5.71 Å². The normalized spacial score (nSPS) is 30.1. The molecule has 0 aromatic heterocycles. The smallest absolute Gasteiger partial charge is 0.270 e. The third-order valence-electron chi connectivity index (χ3n) is 3.57. The standard InChI is InChI=1S/C12H22N4OS/c1-9-11(17)14-12(18-2,16-15-9)13-10-7-5-3-4-6-8-10/h10,13,16H,3-8H2,1-2H3,(H,14,17)/t12-/m1/s1. The van der Waals surface area contributed by atoms with Gasteiger partial charge in [0.25, 0.3) is 5.91 Å². The lowest BCUT2D eigenvalue weighted by Crippen LogP contribution is -2.69. The van der Waals surface area contributed by atoms with Gasteiger partial charge in [-0.2, -0.15) is 5.10 Å². The Morgan fingerprint density at radius 1 is 1.33 bits per heavy atom. The van der Waals surface area contributed by atoms with Crippen molar-refractivity contribution in [3.63, 3.8) is 0 Å². The number of nitrogens with one attached hydrogen (secondary N) is 3. The summed E-state index contributed by atoms with van der Waals surface area (Å²) in [6.07, 6.45) is 9.47. The van der Waals surface area contributed by atoms with E-state index in [2.05, 4.69) is 21.2 Å². The van der Waals surface area contributed by atoms with Crippen LogP contribution in [0.3, 0.4) is 0 Å². The van der Waals surface area contributed by atoms with Crippen molar-refractivity contribution in [2.24, 2.45) is 5.10 Å². The number of nitrogens with zero attached hydrogens (tertiary/aromatic N) is 1. The molecule has 1 aliphatic carbocycles. The van der Waals surface area contributed by atoms with Crippen molar-refractivity contribution in [1.29, 1.82) is 0 Å². The van der Waals surface area contributed by atoms with E-state index in [4.69, 9.17) is 0 Å². The Morgan fingerprint density at radius 3 is 2.56 bits per heavy atom. The lowest BCUT2D eigenvalue weighted by molar-refractivity contribution is -0.117. The van der Waals surface area contributed by atoms with E-state index in [0.29, 0.717) is 11.8 Å². The fourth-order valence-electron chi connectivity index (χ4n) is 2.43. The average Bonchev–Trinajstić information content (AvgIpc) is 2.63. The maximum Gasteiger partial charge on any atom is 0.270 e. The Kier molecular flexibility index (Phi) is 4.50. The van der Waals surface area contributed by atoms with Crippen LogP contribution in [-0.4, -0.2) is 29.0 Å². The van der Waals surface area contributed by atoms with E-state index in [9.17, 15) is 4.79 Å². The predicted octanol–water partition coefficient (Wildman–Crippen LogP) is 1.37. The zero-order valence-corrected chi connectivity index (χ0v) is 11.9. The molecule has 1 atom stereocenters. The van der Waals surface area contributed by atoms with Crippen LogP contribution >= 0.6 is 11.8 Å². The number of carbonyl (C=O) groups excluding carboxylic acids is 1. The number of hydrazone groups is 1. The Bertz CT molecular complexity index is 339. The summed E-state index contributed by atoms with van der Waals surface area (Å²) in [5.74, 6) is -0.107. The monoisotopic (exact) mass is 270 g/mol. The molecule has 0 aromatic rings. The van der Waals surface area contributed by atoms with E-state index in [-0.39, 0.29) is 5.91 Å². The van der Waals surface area contributed by atoms with Gasteiger partial charge in [-0.05, 0) is 26.0 Å². The fraction of sp³-hybridized carbons (Fsp3) is 0.833. The highest BCUT2D eigenvalue weighted by Crippen LogP contribution is 2.22. The summed E-state index contributed by atoms with van der Waals surface area (Å²) >= 11 is 1.54. The quantitative estimate of drug-likeness (QED) is 0.535. The van der Waals surface area contributed by atoms with Crippen LogP contribution < -0.4 is 16.1 Å². The van der Waals surface area contributed by atoms with Crippen molar-refractivity contribution in [2.45, 2.75) is 56.6 Å². The molecule has 1 fully saturated rings. The van der Waals surface area contributed by atoms with Gasteiger partial charge < -0.3 is 5.32 Å². The van der Waals surface area contributed by atoms with Crippen molar-refractivity contribution >= 4 is 23.4 Å². The van der Waals surface area contributed by atoms with Gasteiger partial charge >= 0.3 is 0 Å². The highest BCUT2D eigenvalue weighted by Gasteiger charge is 2.36. The largest absolute Gasteiger partial charge is 0.306 e. The summed E-state index contributed by atoms with van der Waals surface area (Å²) in [7, 11) is 0. The van der Waals surface area contributed by atoms with Crippen LogP contribution in [0.4, 0.5) is 0 Å². The molecule has 2 rings (SSSR count). The first kappa shape index (κ1) is 13.7. The maximum absolute atomic E-state index is 11.7. The summed E-state index contributed by atoms with van der Waals surface area (Å²) in [5, 5.41) is 9.94. The zero-order chi connectivity index (χ0) is 13.0. The van der Waals surface area contributed by atoms with Crippen LogP contribution in [0, 0.1) is 0 Å². The van der Waals surface area contributed by atoms with Crippen LogP contribution in [0.5, 0.6) is 0 Å². The third-order valence-corrected chi connectivity index (χ3v) is 4.49. The summed E-state index contributed by atoms with van der Waals surface area (Å²) < 4.78 is 0. The Labute approximate surface area is 113 Å². The number of carbonyl (C=O) groups is 1. The molecule has 0 bridgehead atoms. The number of amides is 1. The highest BCUT2D eigenvalue weighted by atomic mass is 32.2. The third kappa shape index (κ3) is 3.17. The van der Waals surface area contributed by atoms with Crippen molar-refractivity contribution in [3.8, 4) is 0 Å². The summed E-state index contributed by atoms with van der Waals surface area (Å²) in [6.45, 7) is 1.71. The molecule has 0 radical (unpaired) electrons. The molecule has 0 aromatic carbocycles. The predicted molar refractivity (Wildman–Crippen MR) is 75.3 cm³/mol. The highest BCUT2D eigenvalue weighted by molar-refractivity contribution is 7.99. The van der Waals surface area contributed by atoms with E-state index in [1.165, 1.54) is 50.3 Å². The minimum absolute atomic E-state index is 0.107. The minimum atomic E-state index is -0.647. The molecular weight excluding hydrogens is 248 g/mol. The van der Waals surface area contributed by atoms with Gasteiger partial charge in [0.2, 0.25) is 5.12 Å². The Balaban J connectivity index is 2.02. The zero-order valence-electron chi connectivity index (χ0n) is 11.1. The molecule has 2 aliphatic rings. The lowest BCUT2D eigenvalue weighted by atomic mass is 10.1. The second-order valence-electron chi connectivity index (χ2n) is 4.98. The van der Waals surface area contributed by atoms with Crippen molar-refractivity contribution in [2.75, 3.05) is 6.26 Å². The van der Waals surface area contributed by atoms with Crippen LogP contribution in [-0.2, 0) is 4.79 Å². The topological polar surface area (TPSA) is 65.5 Å². The molecule has 0 unspecified atom stereocenters. The van der Waals surface area contributed by atoms with E-state index in [0.717, 1.165) is 0 Å². The lowest BCUT2D eigenvalue weighted by Gasteiger charge is -2.38. The Hall–Kier alpha value is -0.750. The first-order valence-electron chi connectivity index (χ1n) is 6.62. The number of hydrogen-bond donors (Lipinski definition) is 3. The first-order chi connectivity index (χ1) is 8.65. The van der Waals surface area contributed by atoms with Crippen molar-refractivity contribution < 1.29 is 4.79 Å². The second-order valence-corrected chi connectivity index (χ2v) is 6.00. The van der Waals surface area contributed by atoms with Gasteiger partial charge in [-0.1, -0.05) is 37.4 Å². The second kappa shape index (κ2) is 5.93. The van der Waals surface area contributed by atoms with Gasteiger partial charge in [0, 0.05) is 6.04 Å². The summed E-state index contributed by atoms with van der Waals surface area (Å²) in [5.41, 5.74) is 3.51. The van der Waals surface area contributed by atoms with Crippen LogP contribution in [0.15, 0.2) is 5.10 Å². The molecule has 0 saturated heterocycles. The molecule has 3 N–H and O–H groups in total. The van der Waals surface area contributed by atoms with E-state index in [1.54, 1.807) is 6.92 Å². The van der Waals surface area contributed by atoms with E-state index >= 15 is 0 Å². The van der Waals surface area contributed by atoms with Crippen LogP contribution in [0.1, 0.15) is 45.4 Å². The molecule has 18 heavy (non-hydrogen) atoms. The maximum atomic E-state index is 11.7. The van der Waals surface area contributed by atoms with E-state index < -0.39 is 5.12 Å². The number of hydrogen-bond acceptors (Lipinski definition) is 5. The van der Waals surface area contributed by atoms with Crippen molar-refractivity contribution in [3.05, 3.63) is 0 Å². The Morgan fingerprint density at radius 2 is 2.00 bits per heavy atom. The molecule has 1 amide bonds. The van der Waals surface area contributed by atoms with Crippen LogP contribution in [0.25, 0.3) is 0 Å². The first-order valence-corrected chi connectivity index (χ1v) is 7.84. The molecule has 0 spiro atoms.